The Morgan fingerprint density at radius 2 is 1.78 bits per heavy atom. The number of carboxylic acid groups (broad SMARTS) is 1. The fourth-order valence-electron chi connectivity index (χ4n) is 4.58. The Labute approximate surface area is 194 Å². The van der Waals surface area contributed by atoms with E-state index >= 15 is 0 Å². The van der Waals surface area contributed by atoms with E-state index in [0.717, 1.165) is 10.4 Å². The molecule has 9 heteroatoms. The van der Waals surface area contributed by atoms with Crippen LogP contribution in [0.5, 0.6) is 0 Å². The molecular formula is C23H24ClNO6S. The van der Waals surface area contributed by atoms with E-state index < -0.39 is 41.9 Å². The lowest BCUT2D eigenvalue weighted by Crippen LogP contribution is -2.41. The second kappa shape index (κ2) is 8.84. The molecule has 1 aromatic heterocycles. The summed E-state index contributed by atoms with van der Waals surface area (Å²) in [6, 6.07) is 7.07. The molecule has 2 bridgehead atoms. The van der Waals surface area contributed by atoms with Crippen LogP contribution in [0.25, 0.3) is 11.1 Å². The van der Waals surface area contributed by atoms with E-state index in [1.54, 1.807) is 38.1 Å². The standard InChI is InChI=1S/C23H24ClNO6S/c1-10(2)30-23(29)19-16(12-4-6-13(24)7-5-12)11(3)32-21(19)25-20(26)17-14-8-9-15(31-14)18(17)22(27)28/h4-7,10,14-15,17-18H,8-9H2,1-3H3,(H,25,26)(H,27,28)/t14-,15-,17+,18-/m0/s1. The predicted molar refractivity (Wildman–Crippen MR) is 121 cm³/mol. The van der Waals surface area contributed by atoms with Gasteiger partial charge < -0.3 is 19.9 Å². The van der Waals surface area contributed by atoms with Crippen molar-refractivity contribution in [2.45, 2.75) is 51.9 Å². The molecule has 4 rings (SSSR count). The molecule has 0 spiro atoms. The number of esters is 1. The quantitative estimate of drug-likeness (QED) is 0.581. The van der Waals surface area contributed by atoms with Crippen molar-refractivity contribution in [3.8, 4) is 11.1 Å². The van der Waals surface area contributed by atoms with Crippen LogP contribution >= 0.6 is 22.9 Å². The first kappa shape index (κ1) is 22.8. The number of anilines is 1. The van der Waals surface area contributed by atoms with Crippen molar-refractivity contribution >= 4 is 45.8 Å². The number of ether oxygens (including phenoxy) is 2. The van der Waals surface area contributed by atoms with Gasteiger partial charge in [0.2, 0.25) is 5.91 Å². The number of halogens is 1. The van der Waals surface area contributed by atoms with E-state index in [1.165, 1.54) is 11.3 Å². The number of carbonyl (C=O) groups is 3. The number of thiophene rings is 1. The summed E-state index contributed by atoms with van der Waals surface area (Å²) in [5.74, 6) is -3.74. The van der Waals surface area contributed by atoms with E-state index in [2.05, 4.69) is 5.32 Å². The average Bonchev–Trinajstić information content (AvgIpc) is 3.41. The van der Waals surface area contributed by atoms with Gasteiger partial charge in [0, 0.05) is 15.5 Å². The molecule has 0 aliphatic carbocycles. The van der Waals surface area contributed by atoms with Crippen molar-refractivity contribution in [3.63, 3.8) is 0 Å². The summed E-state index contributed by atoms with van der Waals surface area (Å²) in [6.07, 6.45) is 0.0572. The van der Waals surface area contributed by atoms with Crippen LogP contribution in [0.4, 0.5) is 5.00 Å². The van der Waals surface area contributed by atoms with Gasteiger partial charge in [-0.25, -0.2) is 4.79 Å². The van der Waals surface area contributed by atoms with Crippen LogP contribution in [0.2, 0.25) is 5.02 Å². The number of amides is 1. The first-order chi connectivity index (χ1) is 15.2. The average molecular weight is 478 g/mol. The molecule has 3 heterocycles. The molecule has 2 fully saturated rings. The number of carboxylic acids is 1. The molecule has 2 aliphatic rings. The Hall–Kier alpha value is -2.42. The van der Waals surface area contributed by atoms with Crippen molar-refractivity contribution in [2.75, 3.05) is 5.32 Å². The Bertz CT molecular complexity index is 1060. The number of rotatable bonds is 6. The highest BCUT2D eigenvalue weighted by molar-refractivity contribution is 7.17. The molecule has 32 heavy (non-hydrogen) atoms. The van der Waals surface area contributed by atoms with E-state index in [-0.39, 0.29) is 11.7 Å². The first-order valence-electron chi connectivity index (χ1n) is 10.5. The topological polar surface area (TPSA) is 102 Å². The number of carbonyl (C=O) groups excluding carboxylic acids is 2. The van der Waals surface area contributed by atoms with E-state index in [0.29, 0.717) is 28.4 Å². The molecule has 2 aliphatic heterocycles. The van der Waals surface area contributed by atoms with Crippen molar-refractivity contribution < 1.29 is 29.0 Å². The summed E-state index contributed by atoms with van der Waals surface area (Å²) >= 11 is 7.28. The first-order valence-corrected chi connectivity index (χ1v) is 11.7. The van der Waals surface area contributed by atoms with Crippen LogP contribution in [-0.4, -0.2) is 41.3 Å². The molecule has 2 saturated heterocycles. The number of fused-ring (bicyclic) bond motifs is 2. The molecule has 1 amide bonds. The van der Waals surface area contributed by atoms with Gasteiger partial charge in [-0.3, -0.25) is 9.59 Å². The zero-order valence-electron chi connectivity index (χ0n) is 17.9. The number of benzene rings is 1. The van der Waals surface area contributed by atoms with Gasteiger partial charge in [0.15, 0.2) is 0 Å². The minimum Gasteiger partial charge on any atom is -0.481 e. The summed E-state index contributed by atoms with van der Waals surface area (Å²) in [6.45, 7) is 5.36. The minimum atomic E-state index is -1.04. The smallest absolute Gasteiger partial charge is 0.342 e. The largest absolute Gasteiger partial charge is 0.481 e. The molecule has 1 aromatic carbocycles. The summed E-state index contributed by atoms with van der Waals surface area (Å²) in [5.41, 5.74) is 1.69. The maximum absolute atomic E-state index is 13.2. The van der Waals surface area contributed by atoms with Crippen molar-refractivity contribution in [1.82, 2.24) is 0 Å². The van der Waals surface area contributed by atoms with E-state index in [1.807, 2.05) is 6.92 Å². The lowest BCUT2D eigenvalue weighted by molar-refractivity contribution is -0.147. The van der Waals surface area contributed by atoms with Crippen molar-refractivity contribution in [2.24, 2.45) is 11.8 Å². The molecule has 4 atom stereocenters. The highest BCUT2D eigenvalue weighted by Gasteiger charge is 2.55. The molecule has 0 saturated carbocycles. The maximum atomic E-state index is 13.2. The molecule has 0 unspecified atom stereocenters. The van der Waals surface area contributed by atoms with Crippen molar-refractivity contribution in [1.29, 1.82) is 0 Å². The number of hydrogen-bond acceptors (Lipinski definition) is 6. The highest BCUT2D eigenvalue weighted by Crippen LogP contribution is 2.46. The second-order valence-electron chi connectivity index (χ2n) is 8.37. The number of hydrogen-bond donors (Lipinski definition) is 2. The van der Waals surface area contributed by atoms with Crippen LogP contribution in [-0.2, 0) is 19.1 Å². The van der Waals surface area contributed by atoms with Crippen LogP contribution < -0.4 is 5.32 Å². The van der Waals surface area contributed by atoms with Crippen LogP contribution in [0.15, 0.2) is 24.3 Å². The molecular weight excluding hydrogens is 454 g/mol. The molecule has 2 aromatic rings. The Morgan fingerprint density at radius 1 is 1.16 bits per heavy atom. The molecule has 170 valence electrons. The summed E-state index contributed by atoms with van der Waals surface area (Å²) in [4.78, 5) is 38.8. The van der Waals surface area contributed by atoms with E-state index in [9.17, 15) is 19.5 Å². The second-order valence-corrected chi connectivity index (χ2v) is 10.0. The highest BCUT2D eigenvalue weighted by atomic mass is 35.5. The van der Waals surface area contributed by atoms with Gasteiger partial charge in [0.1, 0.15) is 10.6 Å². The van der Waals surface area contributed by atoms with Gasteiger partial charge in [0.25, 0.3) is 0 Å². The van der Waals surface area contributed by atoms with Crippen LogP contribution in [0.3, 0.4) is 0 Å². The van der Waals surface area contributed by atoms with E-state index in [4.69, 9.17) is 21.1 Å². The third kappa shape index (κ3) is 4.14. The number of aliphatic carboxylic acids is 1. The zero-order valence-corrected chi connectivity index (χ0v) is 19.5. The lowest BCUT2D eigenvalue weighted by Gasteiger charge is -2.23. The van der Waals surface area contributed by atoms with Crippen LogP contribution in [0.1, 0.15) is 41.9 Å². The fourth-order valence-corrected chi connectivity index (χ4v) is 5.78. The Balaban J connectivity index is 1.71. The van der Waals surface area contributed by atoms with Gasteiger partial charge in [-0.15, -0.1) is 11.3 Å². The summed E-state index contributed by atoms with van der Waals surface area (Å²) < 4.78 is 11.2. The number of nitrogens with one attached hydrogen (secondary N) is 1. The monoisotopic (exact) mass is 477 g/mol. The molecule has 0 radical (unpaired) electrons. The fraction of sp³-hybridized carbons (Fsp3) is 0.435. The molecule has 2 N–H and O–H groups in total. The van der Waals surface area contributed by atoms with Crippen molar-refractivity contribution in [3.05, 3.63) is 39.7 Å². The third-order valence-corrected chi connectivity index (χ3v) is 7.13. The Kier molecular flexibility index (Phi) is 6.29. The maximum Gasteiger partial charge on any atom is 0.342 e. The Morgan fingerprint density at radius 3 is 2.38 bits per heavy atom. The zero-order chi connectivity index (χ0) is 23.2. The van der Waals surface area contributed by atoms with Gasteiger partial charge in [0.05, 0.1) is 30.1 Å². The summed E-state index contributed by atoms with van der Waals surface area (Å²) in [5, 5.41) is 13.4. The third-order valence-electron chi connectivity index (χ3n) is 5.86. The SMILES string of the molecule is Cc1sc(NC(=O)[C@H]2[C@@H](C(=O)O)[C@@H]3CC[C@@H]2O3)c(C(=O)OC(C)C)c1-c1ccc(Cl)cc1. The minimum absolute atomic E-state index is 0.257. The van der Waals surface area contributed by atoms with Crippen LogP contribution in [0, 0.1) is 18.8 Å². The predicted octanol–water partition coefficient (Wildman–Crippen LogP) is 4.76. The number of aryl methyl sites for hydroxylation is 1. The normalized spacial score (nSPS) is 24.0. The molecule has 7 nitrogen and oxygen atoms in total. The van der Waals surface area contributed by atoms with Gasteiger partial charge in [-0.2, -0.15) is 0 Å². The van der Waals surface area contributed by atoms with Gasteiger partial charge in [-0.1, -0.05) is 23.7 Å². The van der Waals surface area contributed by atoms with Gasteiger partial charge >= 0.3 is 11.9 Å². The summed E-state index contributed by atoms with van der Waals surface area (Å²) in [7, 11) is 0. The van der Waals surface area contributed by atoms with Gasteiger partial charge in [-0.05, 0) is 51.3 Å². The lowest BCUT2D eigenvalue weighted by atomic mass is 9.78.